The second kappa shape index (κ2) is 8.19. The van der Waals surface area contributed by atoms with E-state index in [2.05, 4.69) is 10.3 Å². The molecule has 0 bridgehead atoms. The van der Waals surface area contributed by atoms with Crippen LogP contribution < -0.4 is 10.1 Å². The second-order valence-corrected chi connectivity index (χ2v) is 8.02. The van der Waals surface area contributed by atoms with E-state index in [4.69, 9.17) is 27.9 Å². The number of amides is 1. The van der Waals surface area contributed by atoms with E-state index in [-0.39, 0.29) is 12.5 Å². The van der Waals surface area contributed by atoms with Crippen molar-refractivity contribution in [3.8, 4) is 15.6 Å². The molecule has 2 heterocycles. The third-order valence-electron chi connectivity index (χ3n) is 3.32. The van der Waals surface area contributed by atoms with Crippen molar-refractivity contribution < 1.29 is 9.53 Å². The molecule has 0 radical (unpaired) electrons. The highest BCUT2D eigenvalue weighted by Gasteiger charge is 2.12. The minimum atomic E-state index is -0.225. The molecule has 1 amide bonds. The zero-order valence-electron chi connectivity index (χ0n) is 13.2. The molecular formula is C17H14Cl2N2O2S2. The summed E-state index contributed by atoms with van der Waals surface area (Å²) in [6, 6.07) is 8.90. The number of thiazole rings is 1. The van der Waals surface area contributed by atoms with Crippen LogP contribution >= 0.6 is 45.9 Å². The van der Waals surface area contributed by atoms with Gasteiger partial charge in [0.25, 0.3) is 5.91 Å². The first-order valence-corrected chi connectivity index (χ1v) is 9.83. The van der Waals surface area contributed by atoms with Crippen molar-refractivity contribution in [1.29, 1.82) is 0 Å². The monoisotopic (exact) mass is 412 g/mol. The molecule has 0 unspecified atom stereocenters. The molecule has 0 aliphatic heterocycles. The van der Waals surface area contributed by atoms with Gasteiger partial charge in [0.15, 0.2) is 6.61 Å². The smallest absolute Gasteiger partial charge is 0.258 e. The molecule has 0 fully saturated rings. The lowest BCUT2D eigenvalue weighted by molar-refractivity contribution is -0.123. The van der Waals surface area contributed by atoms with E-state index in [0.29, 0.717) is 22.3 Å². The molecule has 0 saturated carbocycles. The quantitative estimate of drug-likeness (QED) is 0.606. The van der Waals surface area contributed by atoms with E-state index in [0.717, 1.165) is 20.5 Å². The van der Waals surface area contributed by atoms with Crippen LogP contribution in [0.3, 0.4) is 0 Å². The summed E-state index contributed by atoms with van der Waals surface area (Å²) >= 11 is 15.1. The van der Waals surface area contributed by atoms with E-state index in [1.165, 1.54) is 0 Å². The maximum absolute atomic E-state index is 12.0. The van der Waals surface area contributed by atoms with Crippen LogP contribution in [-0.2, 0) is 11.3 Å². The van der Waals surface area contributed by atoms with Gasteiger partial charge in [-0.2, -0.15) is 0 Å². The fraction of sp³-hybridized carbons (Fsp3) is 0.176. The Kier molecular flexibility index (Phi) is 5.96. The highest BCUT2D eigenvalue weighted by atomic mass is 35.5. The van der Waals surface area contributed by atoms with Crippen LogP contribution in [0.15, 0.2) is 35.7 Å². The molecule has 3 rings (SSSR count). The number of nitrogens with one attached hydrogen (secondary N) is 1. The van der Waals surface area contributed by atoms with Crippen LogP contribution in [0.1, 0.15) is 10.6 Å². The number of carbonyl (C=O) groups is 1. The summed E-state index contributed by atoms with van der Waals surface area (Å²) < 4.78 is 5.42. The van der Waals surface area contributed by atoms with Crippen molar-refractivity contribution in [2.45, 2.75) is 13.5 Å². The minimum absolute atomic E-state index is 0.114. The Balaban J connectivity index is 1.54. The van der Waals surface area contributed by atoms with Gasteiger partial charge in [0.05, 0.1) is 22.1 Å². The predicted octanol–water partition coefficient (Wildman–Crippen LogP) is 5.18. The van der Waals surface area contributed by atoms with Gasteiger partial charge < -0.3 is 10.1 Å². The fourth-order valence-corrected chi connectivity index (χ4v) is 4.33. The summed E-state index contributed by atoms with van der Waals surface area (Å²) in [5, 5.41) is 6.73. The molecule has 1 aromatic carbocycles. The first kappa shape index (κ1) is 18.2. The van der Waals surface area contributed by atoms with Crippen molar-refractivity contribution in [3.05, 3.63) is 56.3 Å². The first-order chi connectivity index (χ1) is 12.0. The maximum Gasteiger partial charge on any atom is 0.258 e. The Morgan fingerprint density at radius 3 is 2.88 bits per heavy atom. The van der Waals surface area contributed by atoms with Crippen molar-refractivity contribution in [1.82, 2.24) is 10.3 Å². The Bertz CT molecular complexity index is 879. The molecule has 1 N–H and O–H groups in total. The molecular weight excluding hydrogens is 399 g/mol. The highest BCUT2D eigenvalue weighted by molar-refractivity contribution is 7.21. The molecule has 0 aliphatic rings. The molecule has 3 aromatic rings. The van der Waals surface area contributed by atoms with E-state index in [1.54, 1.807) is 40.9 Å². The fourth-order valence-electron chi connectivity index (χ4n) is 2.06. The normalized spacial score (nSPS) is 10.7. The summed E-state index contributed by atoms with van der Waals surface area (Å²) in [4.78, 5) is 18.7. The molecule has 0 atom stereocenters. The molecule has 25 heavy (non-hydrogen) atoms. The van der Waals surface area contributed by atoms with Crippen LogP contribution in [0.25, 0.3) is 9.88 Å². The van der Waals surface area contributed by atoms with Gasteiger partial charge in [0.1, 0.15) is 10.8 Å². The summed E-state index contributed by atoms with van der Waals surface area (Å²) in [5.74, 6) is 0.201. The van der Waals surface area contributed by atoms with Gasteiger partial charge in [-0.1, -0.05) is 29.3 Å². The van der Waals surface area contributed by atoms with E-state index < -0.39 is 0 Å². The largest absolute Gasteiger partial charge is 0.482 e. The summed E-state index contributed by atoms with van der Waals surface area (Å²) in [6.07, 6.45) is 0. The van der Waals surface area contributed by atoms with Gasteiger partial charge in [0.2, 0.25) is 0 Å². The van der Waals surface area contributed by atoms with Gasteiger partial charge in [0, 0.05) is 9.90 Å². The van der Waals surface area contributed by atoms with Crippen LogP contribution in [0.2, 0.25) is 10.0 Å². The SMILES string of the molecule is Cc1nc(-c2cccs2)sc1CNC(=O)COc1ccc(Cl)cc1Cl. The second-order valence-electron chi connectivity index (χ2n) is 5.15. The summed E-state index contributed by atoms with van der Waals surface area (Å²) in [6.45, 7) is 2.25. The van der Waals surface area contributed by atoms with Crippen molar-refractivity contribution in [2.75, 3.05) is 6.61 Å². The summed E-state index contributed by atoms with van der Waals surface area (Å²) in [5.41, 5.74) is 0.926. The Labute approximate surface area is 163 Å². The van der Waals surface area contributed by atoms with Gasteiger partial charge in [-0.15, -0.1) is 22.7 Å². The average Bonchev–Trinajstić information content (AvgIpc) is 3.21. The number of carbonyl (C=O) groups excluding carboxylic acids is 1. The van der Waals surface area contributed by atoms with Gasteiger partial charge >= 0.3 is 0 Å². The van der Waals surface area contributed by atoms with Crippen LogP contribution in [-0.4, -0.2) is 17.5 Å². The van der Waals surface area contributed by atoms with E-state index in [9.17, 15) is 4.79 Å². The third kappa shape index (κ3) is 4.73. The van der Waals surface area contributed by atoms with Crippen LogP contribution in [0.4, 0.5) is 0 Å². The molecule has 4 nitrogen and oxygen atoms in total. The molecule has 0 aliphatic carbocycles. The topological polar surface area (TPSA) is 51.2 Å². The van der Waals surface area contributed by atoms with Gasteiger partial charge in [-0.3, -0.25) is 4.79 Å². The van der Waals surface area contributed by atoms with Crippen LogP contribution in [0, 0.1) is 6.92 Å². The van der Waals surface area contributed by atoms with E-state index >= 15 is 0 Å². The zero-order chi connectivity index (χ0) is 17.8. The molecule has 0 saturated heterocycles. The van der Waals surface area contributed by atoms with E-state index in [1.807, 2.05) is 24.4 Å². The van der Waals surface area contributed by atoms with Crippen molar-refractivity contribution >= 4 is 51.8 Å². The number of aromatic nitrogens is 1. The Morgan fingerprint density at radius 1 is 1.32 bits per heavy atom. The third-order valence-corrected chi connectivity index (χ3v) is 6.05. The molecule has 8 heteroatoms. The highest BCUT2D eigenvalue weighted by Crippen LogP contribution is 2.31. The number of aryl methyl sites for hydroxylation is 1. The number of benzene rings is 1. The minimum Gasteiger partial charge on any atom is -0.482 e. The lowest BCUT2D eigenvalue weighted by Gasteiger charge is -2.08. The first-order valence-electron chi connectivity index (χ1n) is 7.37. The molecule has 2 aromatic heterocycles. The molecule has 130 valence electrons. The average molecular weight is 413 g/mol. The maximum atomic E-state index is 12.0. The number of nitrogens with zero attached hydrogens (tertiary/aromatic N) is 1. The van der Waals surface area contributed by atoms with Gasteiger partial charge in [-0.05, 0) is 36.6 Å². The lowest BCUT2D eigenvalue weighted by Crippen LogP contribution is -2.28. The summed E-state index contributed by atoms with van der Waals surface area (Å²) in [7, 11) is 0. The lowest BCUT2D eigenvalue weighted by atomic mass is 10.3. The van der Waals surface area contributed by atoms with Crippen LogP contribution in [0.5, 0.6) is 5.75 Å². The van der Waals surface area contributed by atoms with Crippen molar-refractivity contribution in [3.63, 3.8) is 0 Å². The number of hydrogen-bond acceptors (Lipinski definition) is 5. The Hall–Kier alpha value is -1.60. The number of thiophene rings is 1. The Morgan fingerprint density at radius 2 is 2.16 bits per heavy atom. The predicted molar refractivity (Wildman–Crippen MR) is 104 cm³/mol. The van der Waals surface area contributed by atoms with Gasteiger partial charge in [-0.25, -0.2) is 4.98 Å². The number of rotatable bonds is 6. The number of halogens is 2. The number of hydrogen-bond donors (Lipinski definition) is 1. The van der Waals surface area contributed by atoms with Crippen molar-refractivity contribution in [2.24, 2.45) is 0 Å². The zero-order valence-corrected chi connectivity index (χ0v) is 16.4. The molecule has 0 spiro atoms. The number of ether oxygens (including phenoxy) is 1. The standard InChI is InChI=1S/C17H14Cl2N2O2S2/c1-10-15(25-17(21-10)14-3-2-6-24-14)8-20-16(22)9-23-13-5-4-11(18)7-12(13)19/h2-7H,8-9H2,1H3,(H,20,22).